The van der Waals surface area contributed by atoms with Crippen LogP contribution >= 0.6 is 0 Å². The Kier molecular flexibility index (Phi) is 3.83. The van der Waals surface area contributed by atoms with E-state index in [-0.39, 0.29) is 5.82 Å². The maximum absolute atomic E-state index is 14.3. The van der Waals surface area contributed by atoms with Crippen molar-refractivity contribution >= 4 is 5.96 Å². The van der Waals surface area contributed by atoms with Gasteiger partial charge in [0.15, 0.2) is 5.96 Å². The van der Waals surface area contributed by atoms with E-state index in [9.17, 15) is 4.39 Å². The van der Waals surface area contributed by atoms with Crippen molar-refractivity contribution < 1.29 is 4.39 Å². The third-order valence-electron chi connectivity index (χ3n) is 3.98. The van der Waals surface area contributed by atoms with Crippen LogP contribution in [0, 0.1) is 12.7 Å². The van der Waals surface area contributed by atoms with Gasteiger partial charge in [0.1, 0.15) is 11.6 Å². The minimum absolute atomic E-state index is 0.289. The number of guanidine groups is 1. The monoisotopic (exact) mass is 301 g/mol. The Bertz CT molecular complexity index is 702. The van der Waals surface area contributed by atoms with Gasteiger partial charge in [-0.3, -0.25) is 0 Å². The highest BCUT2D eigenvalue weighted by atomic mass is 19.1. The molecule has 2 N–H and O–H groups in total. The van der Waals surface area contributed by atoms with E-state index in [1.807, 2.05) is 24.9 Å². The fourth-order valence-electron chi connectivity index (χ4n) is 2.41. The number of rotatable bonds is 4. The molecule has 0 amide bonds. The predicted molar refractivity (Wildman–Crippen MR) is 84.4 cm³/mol. The standard InChI is InChI=1S/C16H20FN5/c1-11-19-7-8-22(11)15-6-3-12(9-14(15)17)10-20-16(18)21(2)13-4-5-13/h3,6-9,13H,4-5,10H2,1-2H3,(H2,18,20). The minimum atomic E-state index is -0.289. The number of hydrogen-bond donors (Lipinski definition) is 1. The van der Waals surface area contributed by atoms with Gasteiger partial charge in [-0.05, 0) is 37.5 Å². The van der Waals surface area contributed by atoms with Crippen molar-refractivity contribution in [2.45, 2.75) is 32.4 Å². The SMILES string of the molecule is Cc1nccn1-c1ccc(CN=C(N)N(C)C2CC2)cc1F. The van der Waals surface area contributed by atoms with Crippen molar-refractivity contribution in [2.75, 3.05) is 7.05 Å². The van der Waals surface area contributed by atoms with Crippen LogP contribution in [0.1, 0.15) is 24.2 Å². The Morgan fingerprint density at radius 2 is 2.27 bits per heavy atom. The molecule has 22 heavy (non-hydrogen) atoms. The van der Waals surface area contributed by atoms with E-state index in [4.69, 9.17) is 5.73 Å². The first-order chi connectivity index (χ1) is 10.6. The molecule has 1 heterocycles. The van der Waals surface area contributed by atoms with E-state index < -0.39 is 0 Å². The summed E-state index contributed by atoms with van der Waals surface area (Å²) in [5.74, 6) is 0.973. The molecule has 0 radical (unpaired) electrons. The number of halogens is 1. The van der Waals surface area contributed by atoms with Crippen LogP contribution in [0.25, 0.3) is 5.69 Å². The minimum Gasteiger partial charge on any atom is -0.370 e. The Balaban J connectivity index is 1.75. The summed E-state index contributed by atoms with van der Waals surface area (Å²) in [6.07, 6.45) is 5.73. The van der Waals surface area contributed by atoms with Crippen LogP contribution < -0.4 is 5.73 Å². The van der Waals surface area contributed by atoms with E-state index in [2.05, 4.69) is 9.98 Å². The average molecular weight is 301 g/mol. The van der Waals surface area contributed by atoms with Crippen LogP contribution in [0.3, 0.4) is 0 Å². The highest BCUT2D eigenvalue weighted by Crippen LogP contribution is 2.25. The first-order valence-electron chi connectivity index (χ1n) is 7.38. The summed E-state index contributed by atoms with van der Waals surface area (Å²) in [4.78, 5) is 10.4. The summed E-state index contributed by atoms with van der Waals surface area (Å²) in [7, 11) is 1.95. The van der Waals surface area contributed by atoms with Gasteiger partial charge in [0, 0.05) is 25.5 Å². The van der Waals surface area contributed by atoms with E-state index in [0.29, 0.717) is 24.2 Å². The number of aromatic nitrogens is 2. The molecule has 1 fully saturated rings. The second-order valence-corrected chi connectivity index (χ2v) is 5.65. The molecule has 1 aromatic heterocycles. The third-order valence-corrected chi connectivity index (χ3v) is 3.98. The van der Waals surface area contributed by atoms with Gasteiger partial charge in [0.05, 0.1) is 12.2 Å². The van der Waals surface area contributed by atoms with Crippen LogP contribution in [0.15, 0.2) is 35.6 Å². The molecule has 5 nitrogen and oxygen atoms in total. The van der Waals surface area contributed by atoms with Gasteiger partial charge >= 0.3 is 0 Å². The lowest BCUT2D eigenvalue weighted by Gasteiger charge is -2.16. The van der Waals surface area contributed by atoms with Gasteiger partial charge in [-0.15, -0.1) is 0 Å². The number of aryl methyl sites for hydroxylation is 1. The predicted octanol–water partition coefficient (Wildman–Crippen LogP) is 2.23. The number of aliphatic imine (C=N–C) groups is 1. The quantitative estimate of drug-likeness (QED) is 0.696. The van der Waals surface area contributed by atoms with Gasteiger partial charge in [-0.1, -0.05) is 6.07 Å². The molecular formula is C16H20FN5. The van der Waals surface area contributed by atoms with Crippen molar-refractivity contribution in [1.29, 1.82) is 0 Å². The van der Waals surface area contributed by atoms with Crippen LogP contribution in [-0.4, -0.2) is 33.5 Å². The van der Waals surface area contributed by atoms with E-state index in [1.165, 1.54) is 18.9 Å². The van der Waals surface area contributed by atoms with Crippen LogP contribution in [0.4, 0.5) is 4.39 Å². The zero-order valence-electron chi connectivity index (χ0n) is 12.8. The largest absolute Gasteiger partial charge is 0.370 e. The molecule has 6 heteroatoms. The third kappa shape index (κ3) is 2.95. The maximum atomic E-state index is 14.3. The van der Waals surface area contributed by atoms with Crippen LogP contribution in [0.2, 0.25) is 0 Å². The van der Waals surface area contributed by atoms with Crippen molar-refractivity contribution in [3.8, 4) is 5.69 Å². The topological polar surface area (TPSA) is 59.4 Å². The van der Waals surface area contributed by atoms with E-state index in [0.717, 1.165) is 11.4 Å². The molecule has 2 aromatic rings. The summed E-state index contributed by atoms with van der Waals surface area (Å²) in [5.41, 5.74) is 7.23. The van der Waals surface area contributed by atoms with Crippen LogP contribution in [-0.2, 0) is 6.54 Å². The normalized spacial score (nSPS) is 15.1. The Morgan fingerprint density at radius 1 is 1.50 bits per heavy atom. The second-order valence-electron chi connectivity index (χ2n) is 5.65. The van der Waals surface area contributed by atoms with Gasteiger partial charge < -0.3 is 15.2 Å². The maximum Gasteiger partial charge on any atom is 0.191 e. The lowest BCUT2D eigenvalue weighted by atomic mass is 10.2. The molecular weight excluding hydrogens is 281 g/mol. The van der Waals surface area contributed by atoms with Crippen molar-refractivity contribution in [3.63, 3.8) is 0 Å². The molecule has 1 aromatic carbocycles. The molecule has 116 valence electrons. The summed E-state index contributed by atoms with van der Waals surface area (Å²) in [6, 6.07) is 5.64. The summed E-state index contributed by atoms with van der Waals surface area (Å²) in [6.45, 7) is 2.22. The van der Waals surface area contributed by atoms with Gasteiger partial charge in [0.25, 0.3) is 0 Å². The Morgan fingerprint density at radius 3 is 2.86 bits per heavy atom. The zero-order chi connectivity index (χ0) is 15.7. The average Bonchev–Trinajstić information content (AvgIpc) is 3.27. The number of imidazole rings is 1. The zero-order valence-corrected chi connectivity index (χ0v) is 12.8. The molecule has 1 aliphatic carbocycles. The lowest BCUT2D eigenvalue weighted by Crippen LogP contribution is -2.35. The summed E-state index contributed by atoms with van der Waals surface area (Å²) < 4.78 is 16.0. The Hall–Kier alpha value is -2.37. The van der Waals surface area contributed by atoms with Gasteiger partial charge in [-0.2, -0.15) is 0 Å². The second kappa shape index (κ2) is 5.79. The molecule has 0 aliphatic heterocycles. The first kappa shape index (κ1) is 14.6. The van der Waals surface area contributed by atoms with Crippen LogP contribution in [0.5, 0.6) is 0 Å². The highest BCUT2D eigenvalue weighted by Gasteiger charge is 2.27. The Labute approximate surface area is 129 Å². The summed E-state index contributed by atoms with van der Waals surface area (Å²) in [5, 5.41) is 0. The van der Waals surface area contributed by atoms with Crippen molar-refractivity contribution in [3.05, 3.63) is 47.8 Å². The first-order valence-corrected chi connectivity index (χ1v) is 7.38. The van der Waals surface area contributed by atoms with Gasteiger partial charge in [-0.25, -0.2) is 14.4 Å². The highest BCUT2D eigenvalue weighted by molar-refractivity contribution is 5.78. The van der Waals surface area contributed by atoms with Gasteiger partial charge in [0.2, 0.25) is 0 Å². The number of hydrogen-bond acceptors (Lipinski definition) is 2. The number of nitrogens with two attached hydrogens (primary N) is 1. The fraction of sp³-hybridized carbons (Fsp3) is 0.375. The molecule has 1 aliphatic rings. The van der Waals surface area contributed by atoms with Crippen molar-refractivity contribution in [2.24, 2.45) is 10.7 Å². The van der Waals surface area contributed by atoms with E-state index in [1.54, 1.807) is 23.0 Å². The fourth-order valence-corrected chi connectivity index (χ4v) is 2.41. The molecule has 0 unspecified atom stereocenters. The molecule has 0 saturated heterocycles. The molecule has 0 bridgehead atoms. The van der Waals surface area contributed by atoms with Crippen molar-refractivity contribution in [1.82, 2.24) is 14.5 Å². The number of benzene rings is 1. The molecule has 0 spiro atoms. The smallest absolute Gasteiger partial charge is 0.191 e. The van der Waals surface area contributed by atoms with E-state index >= 15 is 0 Å². The lowest BCUT2D eigenvalue weighted by molar-refractivity contribution is 0.487. The molecule has 3 rings (SSSR count). The number of nitrogens with zero attached hydrogens (tertiary/aromatic N) is 4. The summed E-state index contributed by atoms with van der Waals surface area (Å²) >= 11 is 0. The molecule has 0 atom stereocenters. The molecule has 1 saturated carbocycles.